The minimum Gasteiger partial charge on any atom is -0.453 e. The Morgan fingerprint density at radius 3 is 0.973 bits per heavy atom. The van der Waals surface area contributed by atoms with E-state index in [1.54, 1.807) is 0 Å². The summed E-state index contributed by atoms with van der Waals surface area (Å²) in [5.74, 6) is -1.58. The topological polar surface area (TPSA) is 118 Å². The first kappa shape index (κ1) is 69.2. The largest absolute Gasteiger partial charge is 0.453 e. The number of carbonyl (C=O) groups excluding carboxylic acids is 4. The quantitative estimate of drug-likeness (QED) is 0.0252. The maximum atomic E-state index is 13.5. The fraction of sp³-hybridized carbons (Fsp3) is 0.844. The first-order valence-corrected chi connectivity index (χ1v) is 31.2. The molecule has 4 atom stereocenters. The Hall–Kier alpha value is -2.82. The minimum absolute atomic E-state index is 0.150. The standard InChI is InChI=1S/C64H115NO9/c1-6-9-12-15-18-21-24-27-30-33-36-39-42-45-48-51-58(67)71-61-62(72-59(68)52-49-46-43-40-37-34-31-28-25-22-19-16-13-10-7-2)64(74-63(61)70-56-57(66)54-55-65(4)5)73-60(69)53-50-47-44-41-38-35-32-29-26-23-20-17-14-11-8-3/h27-32,61-64H,6-26,33-56H2,1-5H3/b30-27-,31-28-,32-29-/t61-,62?,63+,64-/m1/s1. The normalized spacial score (nSPS) is 16.9. The number of nitrogens with zero attached hydrogens (tertiary/aromatic N) is 1. The van der Waals surface area contributed by atoms with Crippen molar-refractivity contribution in [3.8, 4) is 0 Å². The summed E-state index contributed by atoms with van der Waals surface area (Å²) in [5, 5.41) is 0. The van der Waals surface area contributed by atoms with Gasteiger partial charge < -0.3 is 28.6 Å². The molecule has 0 aromatic heterocycles. The average molecular weight is 1040 g/mol. The van der Waals surface area contributed by atoms with E-state index in [0.29, 0.717) is 25.8 Å². The summed E-state index contributed by atoms with van der Waals surface area (Å²) in [6.07, 6.45) is 54.6. The zero-order valence-electron chi connectivity index (χ0n) is 48.7. The molecule has 1 rings (SSSR count). The van der Waals surface area contributed by atoms with Gasteiger partial charge in [0, 0.05) is 32.2 Å². The molecule has 0 saturated carbocycles. The molecule has 0 N–H and O–H groups in total. The van der Waals surface area contributed by atoms with Gasteiger partial charge in [0.05, 0.1) is 0 Å². The molecular weight excluding hydrogens is 927 g/mol. The lowest BCUT2D eigenvalue weighted by Gasteiger charge is -2.24. The zero-order chi connectivity index (χ0) is 53.8. The number of unbranched alkanes of at least 4 members (excludes halogenated alkanes) is 33. The van der Waals surface area contributed by atoms with Crippen molar-refractivity contribution in [1.29, 1.82) is 0 Å². The van der Waals surface area contributed by atoms with E-state index in [9.17, 15) is 19.2 Å². The molecule has 1 aliphatic rings. The molecule has 0 radical (unpaired) electrons. The van der Waals surface area contributed by atoms with Crippen LogP contribution in [0.15, 0.2) is 36.5 Å². The molecule has 1 unspecified atom stereocenters. The highest BCUT2D eigenvalue weighted by Gasteiger charge is 2.52. The van der Waals surface area contributed by atoms with Gasteiger partial charge in [0.15, 0.2) is 11.9 Å². The number of ketones is 1. The molecule has 0 aromatic rings. The highest BCUT2D eigenvalue weighted by Crippen LogP contribution is 2.31. The number of rotatable bonds is 54. The molecule has 430 valence electrons. The van der Waals surface area contributed by atoms with Crippen molar-refractivity contribution >= 4 is 23.7 Å². The fourth-order valence-corrected chi connectivity index (χ4v) is 9.30. The number of hydrogen-bond acceptors (Lipinski definition) is 10. The van der Waals surface area contributed by atoms with Gasteiger partial charge >= 0.3 is 17.9 Å². The van der Waals surface area contributed by atoms with Gasteiger partial charge in [-0.15, -0.1) is 0 Å². The van der Waals surface area contributed by atoms with E-state index in [0.717, 1.165) is 109 Å². The molecule has 0 amide bonds. The van der Waals surface area contributed by atoms with Crippen molar-refractivity contribution in [3.05, 3.63) is 36.5 Å². The van der Waals surface area contributed by atoms with E-state index in [1.165, 1.54) is 122 Å². The molecule has 1 heterocycles. The summed E-state index contributed by atoms with van der Waals surface area (Å²) in [6.45, 7) is 7.03. The van der Waals surface area contributed by atoms with Crippen LogP contribution in [0.5, 0.6) is 0 Å². The second-order valence-electron chi connectivity index (χ2n) is 21.7. The fourth-order valence-electron chi connectivity index (χ4n) is 9.30. The monoisotopic (exact) mass is 1040 g/mol. The van der Waals surface area contributed by atoms with Crippen molar-refractivity contribution in [1.82, 2.24) is 4.90 Å². The van der Waals surface area contributed by atoms with E-state index in [4.69, 9.17) is 23.7 Å². The number of esters is 3. The Kier molecular flexibility index (Phi) is 48.9. The SMILES string of the molecule is CCCCCCCC/C=C\CCCCCCCC(=O)OC1[C@H](OC(=O)CCCCCCC/C=C\CCCCCCCC)O[C@H](OCC(=O)CCN(C)C)[C@@H]1OC(=O)CCCCCCC/C=C\CCCCCCCC. The predicted octanol–water partition coefficient (Wildman–Crippen LogP) is 17.7. The predicted molar refractivity (Wildman–Crippen MR) is 307 cm³/mol. The van der Waals surface area contributed by atoms with Crippen molar-refractivity contribution in [3.63, 3.8) is 0 Å². The number of ether oxygens (including phenoxy) is 5. The summed E-state index contributed by atoms with van der Waals surface area (Å²) in [7, 11) is 3.79. The van der Waals surface area contributed by atoms with Crippen LogP contribution in [0.25, 0.3) is 0 Å². The highest BCUT2D eigenvalue weighted by molar-refractivity contribution is 5.79. The van der Waals surface area contributed by atoms with Gasteiger partial charge in [-0.05, 0) is 110 Å². The summed E-state index contributed by atoms with van der Waals surface area (Å²) in [4.78, 5) is 55.1. The van der Waals surface area contributed by atoms with Crippen LogP contribution in [-0.4, -0.2) is 80.6 Å². The van der Waals surface area contributed by atoms with E-state index in [-0.39, 0.29) is 38.1 Å². The first-order valence-electron chi connectivity index (χ1n) is 31.2. The summed E-state index contributed by atoms with van der Waals surface area (Å²) < 4.78 is 30.0. The molecule has 0 aromatic carbocycles. The number of allylic oxidation sites excluding steroid dienone is 6. The van der Waals surface area contributed by atoms with Crippen LogP contribution < -0.4 is 0 Å². The van der Waals surface area contributed by atoms with Gasteiger partial charge in [-0.3, -0.25) is 19.2 Å². The van der Waals surface area contributed by atoms with Crippen LogP contribution in [-0.2, 0) is 42.9 Å². The number of Topliss-reactive ketones (excluding diaryl/α,β-unsaturated/α-hetero) is 1. The molecule has 74 heavy (non-hydrogen) atoms. The van der Waals surface area contributed by atoms with Crippen LogP contribution in [0.2, 0.25) is 0 Å². The van der Waals surface area contributed by atoms with E-state index in [1.807, 2.05) is 19.0 Å². The van der Waals surface area contributed by atoms with Crippen molar-refractivity contribution in [2.75, 3.05) is 27.2 Å². The van der Waals surface area contributed by atoms with Crippen LogP contribution in [0.1, 0.15) is 297 Å². The number of hydrogen-bond donors (Lipinski definition) is 0. The Morgan fingerprint density at radius 1 is 0.365 bits per heavy atom. The second-order valence-corrected chi connectivity index (χ2v) is 21.7. The molecule has 10 heteroatoms. The van der Waals surface area contributed by atoms with Gasteiger partial charge in [-0.1, -0.05) is 211 Å². The zero-order valence-corrected chi connectivity index (χ0v) is 48.7. The third kappa shape index (κ3) is 43.3. The van der Waals surface area contributed by atoms with Crippen molar-refractivity contribution in [2.24, 2.45) is 0 Å². The van der Waals surface area contributed by atoms with E-state index >= 15 is 0 Å². The van der Waals surface area contributed by atoms with Crippen LogP contribution in [0.4, 0.5) is 0 Å². The molecule has 1 saturated heterocycles. The lowest BCUT2D eigenvalue weighted by atomic mass is 10.1. The Balaban J connectivity index is 2.80. The highest BCUT2D eigenvalue weighted by atomic mass is 16.8. The molecule has 0 spiro atoms. The Morgan fingerprint density at radius 2 is 0.649 bits per heavy atom. The molecule has 0 bridgehead atoms. The molecule has 10 nitrogen and oxygen atoms in total. The van der Waals surface area contributed by atoms with Gasteiger partial charge in [0.25, 0.3) is 0 Å². The molecule has 1 fully saturated rings. The third-order valence-corrected chi connectivity index (χ3v) is 14.1. The maximum absolute atomic E-state index is 13.5. The van der Waals surface area contributed by atoms with E-state index < -0.39 is 42.7 Å². The lowest BCUT2D eigenvalue weighted by Crippen LogP contribution is -2.42. The Labute approximate surface area is 455 Å². The summed E-state index contributed by atoms with van der Waals surface area (Å²) >= 11 is 0. The van der Waals surface area contributed by atoms with Gasteiger partial charge in [-0.25, -0.2) is 0 Å². The summed E-state index contributed by atoms with van der Waals surface area (Å²) in [5.41, 5.74) is 0. The average Bonchev–Trinajstić information content (AvgIpc) is 3.69. The van der Waals surface area contributed by atoms with Crippen LogP contribution in [0.3, 0.4) is 0 Å². The van der Waals surface area contributed by atoms with E-state index in [2.05, 4.69) is 57.2 Å². The van der Waals surface area contributed by atoms with Crippen LogP contribution >= 0.6 is 0 Å². The molecule has 0 aliphatic carbocycles. The first-order chi connectivity index (χ1) is 36.2. The van der Waals surface area contributed by atoms with Gasteiger partial charge in [0.1, 0.15) is 6.61 Å². The molecule has 1 aliphatic heterocycles. The molecular formula is C64H115NO9. The minimum atomic E-state index is -1.34. The van der Waals surface area contributed by atoms with Crippen molar-refractivity contribution in [2.45, 2.75) is 322 Å². The second kappa shape index (κ2) is 52.2. The van der Waals surface area contributed by atoms with Gasteiger partial charge in [-0.2, -0.15) is 0 Å². The van der Waals surface area contributed by atoms with Crippen LogP contribution in [0, 0.1) is 0 Å². The van der Waals surface area contributed by atoms with Crippen molar-refractivity contribution < 1.29 is 42.9 Å². The number of carbonyl (C=O) groups is 4. The smallest absolute Gasteiger partial charge is 0.308 e. The van der Waals surface area contributed by atoms with Gasteiger partial charge in [0.2, 0.25) is 18.7 Å². The summed E-state index contributed by atoms with van der Waals surface area (Å²) in [6, 6.07) is 0. The lowest BCUT2D eigenvalue weighted by molar-refractivity contribution is -0.225. The third-order valence-electron chi connectivity index (χ3n) is 14.1. The Bertz CT molecular complexity index is 1410. The maximum Gasteiger partial charge on any atom is 0.308 e.